The molecular weight excluding hydrogens is 272 g/mol. The molecule has 4 heteroatoms. The molecule has 1 heterocycles. The number of carbonyl (C=O) groups excluding carboxylic acids is 1. The van der Waals surface area contributed by atoms with Crippen molar-refractivity contribution in [2.24, 2.45) is 5.92 Å². The first-order valence-electron chi connectivity index (χ1n) is 7.12. The molecule has 1 aliphatic heterocycles. The van der Waals surface area contributed by atoms with Crippen molar-refractivity contribution in [3.05, 3.63) is 29.8 Å². The van der Waals surface area contributed by atoms with Crippen LogP contribution in [-0.4, -0.2) is 30.2 Å². The minimum absolute atomic E-state index is 0.112. The van der Waals surface area contributed by atoms with Gasteiger partial charge >= 0.3 is 5.97 Å². The van der Waals surface area contributed by atoms with Crippen molar-refractivity contribution >= 4 is 17.7 Å². The third-order valence-corrected chi connectivity index (χ3v) is 4.17. The molecule has 1 fully saturated rings. The van der Waals surface area contributed by atoms with E-state index in [-0.39, 0.29) is 12.1 Å². The molecule has 20 heavy (non-hydrogen) atoms. The van der Waals surface area contributed by atoms with E-state index in [1.54, 1.807) is 0 Å². The van der Waals surface area contributed by atoms with Gasteiger partial charge in [0.2, 0.25) is 0 Å². The predicted octanol–water partition coefficient (Wildman–Crippen LogP) is 3.31. The summed E-state index contributed by atoms with van der Waals surface area (Å²) in [6, 6.07) is 7.69. The summed E-state index contributed by atoms with van der Waals surface area (Å²) in [5, 5.41) is 0. The number of ether oxygens (including phenoxy) is 2. The Morgan fingerprint density at radius 1 is 1.35 bits per heavy atom. The van der Waals surface area contributed by atoms with E-state index >= 15 is 0 Å². The summed E-state index contributed by atoms with van der Waals surface area (Å²) in [6.07, 6.45) is 1.44. The summed E-state index contributed by atoms with van der Waals surface area (Å²) in [5.41, 5.74) is 0.970. The van der Waals surface area contributed by atoms with Crippen LogP contribution >= 0.6 is 11.8 Å². The van der Waals surface area contributed by atoms with Gasteiger partial charge in [0.1, 0.15) is 11.9 Å². The van der Waals surface area contributed by atoms with Gasteiger partial charge < -0.3 is 9.47 Å². The van der Waals surface area contributed by atoms with Crippen LogP contribution in [0.3, 0.4) is 0 Å². The molecule has 110 valence electrons. The first-order chi connectivity index (χ1) is 9.63. The van der Waals surface area contributed by atoms with Crippen molar-refractivity contribution in [1.82, 2.24) is 0 Å². The third-order valence-electron chi connectivity index (χ3n) is 3.04. The molecular formula is C16H22O3S. The van der Waals surface area contributed by atoms with Gasteiger partial charge in [-0.3, -0.25) is 4.79 Å². The fourth-order valence-corrected chi connectivity index (χ4v) is 3.06. The number of esters is 1. The Bertz CT molecular complexity index is 422. The van der Waals surface area contributed by atoms with Gasteiger partial charge in [0.05, 0.1) is 13.0 Å². The van der Waals surface area contributed by atoms with E-state index in [0.29, 0.717) is 18.9 Å². The van der Waals surface area contributed by atoms with Crippen molar-refractivity contribution in [2.45, 2.75) is 32.8 Å². The summed E-state index contributed by atoms with van der Waals surface area (Å²) in [5.74, 6) is 3.26. The summed E-state index contributed by atoms with van der Waals surface area (Å²) < 4.78 is 11.0. The van der Waals surface area contributed by atoms with Crippen LogP contribution in [0, 0.1) is 5.92 Å². The van der Waals surface area contributed by atoms with Gasteiger partial charge in [0, 0.05) is 5.75 Å². The maximum atomic E-state index is 11.8. The smallest absolute Gasteiger partial charge is 0.310 e. The second-order valence-electron chi connectivity index (χ2n) is 5.50. The minimum Gasteiger partial charge on any atom is -0.493 e. The third kappa shape index (κ3) is 5.08. The second-order valence-corrected chi connectivity index (χ2v) is 6.65. The van der Waals surface area contributed by atoms with Crippen LogP contribution < -0.4 is 4.74 Å². The zero-order valence-corrected chi connectivity index (χ0v) is 12.9. The average molecular weight is 294 g/mol. The topological polar surface area (TPSA) is 35.5 Å². The van der Waals surface area contributed by atoms with Crippen molar-refractivity contribution < 1.29 is 14.3 Å². The molecule has 1 saturated heterocycles. The highest BCUT2D eigenvalue weighted by atomic mass is 32.2. The van der Waals surface area contributed by atoms with Gasteiger partial charge in [-0.1, -0.05) is 26.0 Å². The first-order valence-corrected chi connectivity index (χ1v) is 8.28. The number of rotatable bonds is 6. The molecule has 1 aromatic carbocycles. The molecule has 0 unspecified atom stereocenters. The number of hydrogen-bond donors (Lipinski definition) is 0. The molecule has 0 aromatic heterocycles. The largest absolute Gasteiger partial charge is 0.493 e. The lowest BCUT2D eigenvalue weighted by molar-refractivity contribution is -0.146. The Morgan fingerprint density at radius 2 is 2.10 bits per heavy atom. The molecule has 0 saturated carbocycles. The molecule has 1 atom stereocenters. The fraction of sp³-hybridized carbons (Fsp3) is 0.562. The van der Waals surface area contributed by atoms with Crippen LogP contribution in [-0.2, 0) is 16.0 Å². The highest BCUT2D eigenvalue weighted by Crippen LogP contribution is 2.21. The van der Waals surface area contributed by atoms with Gasteiger partial charge in [0.25, 0.3) is 0 Å². The molecule has 0 N–H and O–H groups in total. The monoisotopic (exact) mass is 294 g/mol. The Labute approximate surface area is 125 Å². The van der Waals surface area contributed by atoms with Crippen LogP contribution in [0.5, 0.6) is 5.75 Å². The molecule has 0 spiro atoms. The zero-order valence-electron chi connectivity index (χ0n) is 12.1. The number of hydrogen-bond acceptors (Lipinski definition) is 4. The fourth-order valence-electron chi connectivity index (χ4n) is 1.97. The van der Waals surface area contributed by atoms with E-state index in [1.165, 1.54) is 0 Å². The Kier molecular flexibility index (Phi) is 5.77. The quantitative estimate of drug-likeness (QED) is 0.754. The SMILES string of the molecule is CC(C)COc1ccc(CC(=O)O[C@H]2CCSC2)cc1. The van der Waals surface area contributed by atoms with Crippen LogP contribution in [0.2, 0.25) is 0 Å². The Balaban J connectivity index is 1.78. The Morgan fingerprint density at radius 3 is 2.70 bits per heavy atom. The van der Waals surface area contributed by atoms with E-state index in [1.807, 2.05) is 36.0 Å². The average Bonchev–Trinajstić information content (AvgIpc) is 2.90. The maximum absolute atomic E-state index is 11.8. The minimum atomic E-state index is -0.131. The van der Waals surface area contributed by atoms with E-state index in [2.05, 4.69) is 13.8 Å². The van der Waals surface area contributed by atoms with Gasteiger partial charge in [-0.15, -0.1) is 0 Å². The number of thioether (sulfide) groups is 1. The van der Waals surface area contributed by atoms with Crippen LogP contribution in [0.1, 0.15) is 25.8 Å². The van der Waals surface area contributed by atoms with Crippen molar-refractivity contribution in [3.63, 3.8) is 0 Å². The van der Waals surface area contributed by atoms with E-state index in [9.17, 15) is 4.79 Å². The number of carbonyl (C=O) groups is 1. The molecule has 1 aromatic rings. The van der Waals surface area contributed by atoms with Gasteiger partial charge in [-0.05, 0) is 35.8 Å². The predicted molar refractivity (Wildman–Crippen MR) is 82.3 cm³/mol. The summed E-state index contributed by atoms with van der Waals surface area (Å²) in [6.45, 7) is 4.94. The van der Waals surface area contributed by atoms with E-state index in [4.69, 9.17) is 9.47 Å². The highest BCUT2D eigenvalue weighted by molar-refractivity contribution is 7.99. The molecule has 0 amide bonds. The summed E-state index contributed by atoms with van der Waals surface area (Å²) in [7, 11) is 0. The van der Waals surface area contributed by atoms with Crippen molar-refractivity contribution in [2.75, 3.05) is 18.1 Å². The maximum Gasteiger partial charge on any atom is 0.310 e. The van der Waals surface area contributed by atoms with Gasteiger partial charge in [-0.2, -0.15) is 11.8 Å². The first kappa shape index (κ1) is 15.2. The van der Waals surface area contributed by atoms with Crippen LogP contribution in [0.25, 0.3) is 0 Å². The van der Waals surface area contributed by atoms with Crippen molar-refractivity contribution in [1.29, 1.82) is 0 Å². The summed E-state index contributed by atoms with van der Waals surface area (Å²) in [4.78, 5) is 11.8. The summed E-state index contributed by atoms with van der Waals surface area (Å²) >= 11 is 1.85. The van der Waals surface area contributed by atoms with Gasteiger partial charge in [0.15, 0.2) is 0 Å². The van der Waals surface area contributed by atoms with Crippen LogP contribution in [0.15, 0.2) is 24.3 Å². The lowest BCUT2D eigenvalue weighted by Gasteiger charge is -2.11. The van der Waals surface area contributed by atoms with E-state index < -0.39 is 0 Å². The molecule has 1 aliphatic rings. The Hall–Kier alpha value is -1.16. The molecule has 0 bridgehead atoms. The molecule has 0 aliphatic carbocycles. The van der Waals surface area contributed by atoms with Crippen molar-refractivity contribution in [3.8, 4) is 5.75 Å². The highest BCUT2D eigenvalue weighted by Gasteiger charge is 2.19. The van der Waals surface area contributed by atoms with E-state index in [0.717, 1.165) is 29.2 Å². The van der Waals surface area contributed by atoms with Gasteiger partial charge in [-0.25, -0.2) is 0 Å². The molecule has 3 nitrogen and oxygen atoms in total. The molecule has 0 radical (unpaired) electrons. The molecule has 2 rings (SSSR count). The number of benzene rings is 1. The lowest BCUT2D eigenvalue weighted by Crippen LogP contribution is -2.18. The van der Waals surface area contributed by atoms with Crippen LogP contribution in [0.4, 0.5) is 0 Å². The lowest BCUT2D eigenvalue weighted by atomic mass is 10.1. The zero-order chi connectivity index (χ0) is 14.4. The second kappa shape index (κ2) is 7.58. The standard InChI is InChI=1S/C16H22O3S/c1-12(2)10-18-14-5-3-13(4-6-14)9-16(17)19-15-7-8-20-11-15/h3-6,12,15H,7-11H2,1-2H3/t15-/m0/s1. The normalized spacial score (nSPS) is 18.2.